The van der Waals surface area contributed by atoms with Crippen molar-refractivity contribution in [3.05, 3.63) is 228 Å². The number of fused-ring (bicyclic) bond motifs is 18. The molecule has 0 atom stereocenters. The van der Waals surface area contributed by atoms with Gasteiger partial charge in [-0.1, -0.05) is 97.1 Å². The van der Waals surface area contributed by atoms with Gasteiger partial charge in [-0.2, -0.15) is 63.2 Å². The SMILES string of the molecule is N#Cc1c(-n2c3ccccc3c3cc4sc5ccccc5c4cc32)c(C#N)c(-n2c3ccccc3c3cc4sc5ccccc5c4cc32)c(-n2c3cc(C(F)(F)F)ccc3c3ccc(C(F)(F)F)cc32)c1-n1c2cc(C(F)(F)F)ccc2c2ccc(C(F)(F)F)cc21. The van der Waals surface area contributed by atoms with E-state index in [-0.39, 0.29) is 32.9 Å². The highest BCUT2D eigenvalue weighted by atomic mass is 32.1. The minimum atomic E-state index is -5.14. The zero-order valence-electron chi connectivity index (χ0n) is 46.5. The molecule has 0 spiro atoms. The molecule has 0 amide bonds. The van der Waals surface area contributed by atoms with Crippen LogP contribution in [0.4, 0.5) is 52.7 Å². The summed E-state index contributed by atoms with van der Waals surface area (Å²) in [6.07, 6.45) is -20.5. The molecular weight excluding hydrogens is 1240 g/mol. The van der Waals surface area contributed by atoms with Crippen LogP contribution < -0.4 is 0 Å². The quantitative estimate of drug-likeness (QED) is 0.165. The fraction of sp³-hybridized carbons (Fsp3) is 0.0556. The second-order valence-electron chi connectivity index (χ2n) is 22.6. The summed E-state index contributed by atoms with van der Waals surface area (Å²) in [5, 5.41) is 30.2. The molecule has 0 aliphatic rings. The van der Waals surface area contributed by atoms with Crippen LogP contribution in [-0.4, -0.2) is 18.3 Å². The summed E-state index contributed by atoms with van der Waals surface area (Å²) >= 11 is 2.98. The summed E-state index contributed by atoms with van der Waals surface area (Å²) in [5.41, 5.74) is -8.51. The number of benzene rings is 11. The summed E-state index contributed by atoms with van der Waals surface area (Å²) in [6, 6.07) is 51.2. The Bertz CT molecular complexity index is 6100. The third-order valence-electron chi connectivity index (χ3n) is 17.7. The van der Waals surface area contributed by atoms with Crippen molar-refractivity contribution in [1.29, 1.82) is 10.5 Å². The fourth-order valence-electron chi connectivity index (χ4n) is 13.9. The number of alkyl halides is 12. The highest BCUT2D eigenvalue weighted by molar-refractivity contribution is 7.26. The largest absolute Gasteiger partial charge is 0.416 e. The Balaban J connectivity index is 1.22. The molecule has 6 aromatic heterocycles. The lowest BCUT2D eigenvalue weighted by Crippen LogP contribution is -2.17. The molecular formula is C72H32F12N6S2. The molecule has 0 unspecified atom stereocenters. The van der Waals surface area contributed by atoms with Gasteiger partial charge in [0.1, 0.15) is 23.3 Å². The van der Waals surface area contributed by atoms with E-state index in [9.17, 15) is 10.5 Å². The van der Waals surface area contributed by atoms with Crippen molar-refractivity contribution in [2.24, 2.45) is 0 Å². The first-order valence-electron chi connectivity index (χ1n) is 28.3. The van der Waals surface area contributed by atoms with Crippen LogP contribution in [-0.2, 0) is 24.7 Å². The average Bonchev–Trinajstić information content (AvgIpc) is 1.46. The molecule has 0 fully saturated rings. The van der Waals surface area contributed by atoms with Gasteiger partial charge in [0.15, 0.2) is 0 Å². The Morgan fingerprint density at radius 1 is 0.250 bits per heavy atom. The first kappa shape index (κ1) is 55.3. The molecule has 6 heterocycles. The smallest absolute Gasteiger partial charge is 0.306 e. The summed E-state index contributed by atoms with van der Waals surface area (Å²) in [4.78, 5) is 0. The molecule has 0 aliphatic heterocycles. The van der Waals surface area contributed by atoms with Gasteiger partial charge in [0, 0.05) is 83.4 Å². The maximum Gasteiger partial charge on any atom is 0.416 e. The van der Waals surface area contributed by atoms with Crippen molar-refractivity contribution >= 4 is 150 Å². The third kappa shape index (κ3) is 7.80. The molecule has 0 saturated carbocycles. The number of aromatic nitrogens is 4. The van der Waals surface area contributed by atoms with Gasteiger partial charge < -0.3 is 18.3 Å². The lowest BCUT2D eigenvalue weighted by atomic mass is 9.98. The van der Waals surface area contributed by atoms with E-state index in [4.69, 9.17) is 0 Å². The molecule has 0 aliphatic carbocycles. The monoisotopic (exact) mass is 1270 g/mol. The minimum Gasteiger partial charge on any atom is -0.306 e. The van der Waals surface area contributed by atoms with E-state index in [1.54, 1.807) is 51.6 Å². The molecule has 92 heavy (non-hydrogen) atoms. The van der Waals surface area contributed by atoms with E-state index < -0.39 is 91.5 Å². The number of para-hydroxylation sites is 2. The van der Waals surface area contributed by atoms with Crippen LogP contribution >= 0.6 is 22.7 Å². The van der Waals surface area contributed by atoms with Crippen LogP contribution in [0.2, 0.25) is 0 Å². The first-order valence-corrected chi connectivity index (χ1v) is 29.9. The van der Waals surface area contributed by atoms with Crippen LogP contribution in [0.3, 0.4) is 0 Å². The zero-order valence-corrected chi connectivity index (χ0v) is 48.1. The van der Waals surface area contributed by atoms with Crippen molar-refractivity contribution in [3.63, 3.8) is 0 Å². The predicted octanol–water partition coefficient (Wildman–Crippen LogP) is 22.6. The molecule has 0 N–H and O–H groups in total. The summed E-state index contributed by atoms with van der Waals surface area (Å²) in [5.74, 6) is 0. The van der Waals surface area contributed by atoms with Gasteiger partial charge in [0.05, 0.1) is 89.1 Å². The van der Waals surface area contributed by atoms with Crippen LogP contribution in [0, 0.1) is 22.7 Å². The predicted molar refractivity (Wildman–Crippen MR) is 339 cm³/mol. The van der Waals surface area contributed by atoms with Gasteiger partial charge in [0.25, 0.3) is 0 Å². The summed E-state index contributed by atoms with van der Waals surface area (Å²) < 4.78 is 195. The van der Waals surface area contributed by atoms with Crippen molar-refractivity contribution in [1.82, 2.24) is 18.3 Å². The van der Waals surface area contributed by atoms with E-state index in [1.807, 2.05) is 78.9 Å². The molecule has 6 nitrogen and oxygen atoms in total. The van der Waals surface area contributed by atoms with E-state index >= 15 is 52.7 Å². The standard InChI is InChI=1S/C72H32F12N6S2/c73-69(74,75)35-17-21-41-42-22-18-36(70(76,77)78)26-56(42)89(55(41)25-35)67-52(34-86)65(87-53-13-5-1-9-39(53)47-31-63-49(29-59(47)87)45-11-3-7-15-61(45)91-63)51(33-85)66(88-54-14-6-2-10-40(54)48-32-64-50(30-60(48)88)46-12-4-8-16-62(46)92-64)68(67)90-57-27-37(71(79,80)81)19-23-43(57)44-24-20-38(28-58(44)90)72(82,83)84/h1-32H. The van der Waals surface area contributed by atoms with Crippen LogP contribution in [0.15, 0.2) is 194 Å². The number of hydrogen-bond acceptors (Lipinski definition) is 4. The van der Waals surface area contributed by atoms with Gasteiger partial charge in [-0.25, -0.2) is 0 Å². The third-order valence-corrected chi connectivity index (χ3v) is 20.0. The topological polar surface area (TPSA) is 67.3 Å². The summed E-state index contributed by atoms with van der Waals surface area (Å²) in [6.45, 7) is 0. The van der Waals surface area contributed by atoms with Crippen molar-refractivity contribution in [2.45, 2.75) is 24.7 Å². The Morgan fingerprint density at radius 2 is 0.533 bits per heavy atom. The van der Waals surface area contributed by atoms with Gasteiger partial charge in [-0.3, -0.25) is 0 Å². The van der Waals surface area contributed by atoms with Crippen LogP contribution in [0.1, 0.15) is 33.4 Å². The number of rotatable bonds is 4. The highest BCUT2D eigenvalue weighted by Gasteiger charge is 2.40. The molecule has 0 saturated heterocycles. The van der Waals surface area contributed by atoms with E-state index in [2.05, 4.69) is 12.1 Å². The number of halogens is 12. The zero-order chi connectivity index (χ0) is 63.4. The molecule has 0 bridgehead atoms. The van der Waals surface area contributed by atoms with E-state index in [0.717, 1.165) is 92.6 Å². The Hall–Kier alpha value is -10.8. The minimum absolute atomic E-state index is 0.0799. The molecule has 20 heteroatoms. The molecule has 17 rings (SSSR count). The average molecular weight is 1270 g/mol. The van der Waals surface area contributed by atoms with Crippen molar-refractivity contribution in [3.8, 4) is 34.9 Å². The van der Waals surface area contributed by atoms with Crippen LogP contribution in [0.5, 0.6) is 0 Å². The number of thiophene rings is 2. The maximum absolute atomic E-state index is 15.5. The Morgan fingerprint density at radius 3 is 0.880 bits per heavy atom. The Kier molecular flexibility index (Phi) is 11.3. The van der Waals surface area contributed by atoms with E-state index in [1.165, 1.54) is 22.7 Å². The highest BCUT2D eigenvalue weighted by Crippen LogP contribution is 2.53. The van der Waals surface area contributed by atoms with Gasteiger partial charge in [0.2, 0.25) is 0 Å². The first-order chi connectivity index (χ1) is 44.1. The van der Waals surface area contributed by atoms with Gasteiger partial charge in [-0.05, 0) is 97.1 Å². The maximum atomic E-state index is 15.5. The van der Waals surface area contributed by atoms with Crippen LogP contribution in [0.25, 0.3) is 150 Å². The molecule has 0 radical (unpaired) electrons. The second-order valence-corrected chi connectivity index (χ2v) is 24.8. The lowest BCUT2D eigenvalue weighted by Gasteiger charge is -2.27. The molecule has 17 aromatic rings. The van der Waals surface area contributed by atoms with Crippen molar-refractivity contribution < 1.29 is 52.7 Å². The molecule has 11 aromatic carbocycles. The lowest BCUT2D eigenvalue weighted by molar-refractivity contribution is -0.138. The normalized spacial score (nSPS) is 13.0. The number of nitrogens with zero attached hydrogens (tertiary/aromatic N) is 6. The van der Waals surface area contributed by atoms with Crippen molar-refractivity contribution in [2.75, 3.05) is 0 Å². The van der Waals surface area contributed by atoms with Gasteiger partial charge in [-0.15, -0.1) is 22.7 Å². The number of hydrogen-bond donors (Lipinski definition) is 0. The second kappa shape index (κ2) is 18.9. The van der Waals surface area contributed by atoms with Gasteiger partial charge >= 0.3 is 24.7 Å². The summed E-state index contributed by atoms with van der Waals surface area (Å²) in [7, 11) is 0. The van der Waals surface area contributed by atoms with E-state index in [0.29, 0.717) is 73.3 Å². The number of nitriles is 2. The molecule has 446 valence electrons. The fourth-order valence-corrected chi connectivity index (χ4v) is 16.1. The Labute approximate surface area is 516 Å².